The predicted octanol–water partition coefficient (Wildman–Crippen LogP) is 18.5. The highest BCUT2D eigenvalue weighted by Gasteiger charge is 2.57. The lowest BCUT2D eigenvalue weighted by Crippen LogP contribution is -2.28. The van der Waals surface area contributed by atoms with Crippen molar-refractivity contribution in [3.05, 3.63) is 174 Å². The van der Waals surface area contributed by atoms with Crippen LogP contribution in [0.2, 0.25) is 0 Å². The van der Waals surface area contributed by atoms with E-state index in [0.717, 1.165) is 48.4 Å². The van der Waals surface area contributed by atoms with Gasteiger partial charge in [-0.3, -0.25) is 0 Å². The maximum Gasteiger partial charge on any atom is 0.421 e. The van der Waals surface area contributed by atoms with E-state index in [1.165, 1.54) is 32.9 Å². The molecule has 0 amide bonds. The molecule has 0 aliphatic heterocycles. The molecule has 0 nitrogen and oxygen atoms in total. The number of alkyl halides is 18. The maximum absolute atomic E-state index is 14.6. The Morgan fingerprint density at radius 3 is 0.746 bits per heavy atom. The van der Waals surface area contributed by atoms with Crippen LogP contribution in [0.15, 0.2) is 120 Å². The lowest BCUT2D eigenvalue weighted by molar-refractivity contribution is -0.176. The Morgan fingerprint density at radius 2 is 0.479 bits per heavy atom. The Morgan fingerprint density at radius 1 is 0.239 bits per heavy atom. The molecule has 1 atom stereocenters. The van der Waals surface area contributed by atoms with Crippen molar-refractivity contribution < 1.29 is 79.0 Å². The Hall–Kier alpha value is -5.24. The average molecular weight is 1060 g/mol. The van der Waals surface area contributed by atoms with Crippen LogP contribution < -0.4 is 0 Å². The number of hydrogen-bond acceptors (Lipinski definition) is 0. The molecule has 0 aromatic heterocycles. The molecule has 0 radical (unpaired) electrons. The molecule has 6 aromatic rings. The summed E-state index contributed by atoms with van der Waals surface area (Å²) in [6.45, 7) is 12.5. The van der Waals surface area contributed by atoms with Crippen LogP contribution in [-0.2, 0) is 58.8 Å². The Balaban J connectivity index is 0.000000272. The van der Waals surface area contributed by atoms with Crippen molar-refractivity contribution in [3.8, 4) is 0 Å². The Bertz CT molecular complexity index is 2850. The van der Waals surface area contributed by atoms with Crippen LogP contribution in [0.25, 0.3) is 0 Å². The predicted molar refractivity (Wildman–Crippen MR) is 236 cm³/mol. The molecule has 0 bridgehead atoms. The van der Waals surface area contributed by atoms with E-state index >= 15 is 0 Å². The summed E-state index contributed by atoms with van der Waals surface area (Å²) < 4.78 is 250. The van der Waals surface area contributed by atoms with Crippen LogP contribution in [-0.4, -0.2) is 0 Å². The van der Waals surface area contributed by atoms with Gasteiger partial charge in [0.2, 0.25) is 0 Å². The van der Waals surface area contributed by atoms with Crippen molar-refractivity contribution in [1.82, 2.24) is 0 Å². The highest BCUT2D eigenvalue weighted by Crippen LogP contribution is 2.54. The van der Waals surface area contributed by atoms with Crippen molar-refractivity contribution in [3.63, 3.8) is 0 Å². The van der Waals surface area contributed by atoms with E-state index in [4.69, 9.17) is 0 Å². The number of rotatable bonds is 6. The van der Waals surface area contributed by atoms with Gasteiger partial charge in [-0.25, -0.2) is 0 Å². The molecular weight excluding hydrogens is 1020 g/mol. The highest BCUT2D eigenvalue weighted by atomic mass is 32.2. The van der Waals surface area contributed by atoms with Crippen LogP contribution in [0.1, 0.15) is 83.5 Å². The Labute approximate surface area is 402 Å². The summed E-state index contributed by atoms with van der Waals surface area (Å²) in [6.07, 6.45) is -32.0. The van der Waals surface area contributed by atoms with Gasteiger partial charge in [0.25, 0.3) is 0 Å². The van der Waals surface area contributed by atoms with Crippen LogP contribution in [0.4, 0.5) is 79.0 Å². The molecule has 382 valence electrons. The first-order valence-corrected chi connectivity index (χ1v) is 23.2. The molecule has 20 heteroatoms. The second kappa shape index (κ2) is 20.0. The molecule has 0 heterocycles. The number of benzene rings is 6. The second-order valence-electron chi connectivity index (χ2n) is 17.1. The average Bonchev–Trinajstić information content (AvgIpc) is 3.16. The summed E-state index contributed by atoms with van der Waals surface area (Å²) in [4.78, 5) is -0.355. The van der Waals surface area contributed by atoms with E-state index in [1.54, 1.807) is 32.0 Å². The fourth-order valence-corrected chi connectivity index (χ4v) is 13.4. The summed E-state index contributed by atoms with van der Waals surface area (Å²) >= 11 is 0. The fourth-order valence-electron chi connectivity index (χ4n) is 8.10. The van der Waals surface area contributed by atoms with Crippen LogP contribution >= 0.6 is 0 Å². The fraction of sp³-hybridized carbons (Fsp3) is 0.294. The topological polar surface area (TPSA) is 0 Å². The van der Waals surface area contributed by atoms with Crippen LogP contribution in [0.5, 0.6) is 0 Å². The van der Waals surface area contributed by atoms with Crippen molar-refractivity contribution in [2.24, 2.45) is 0 Å². The number of aryl methyl sites for hydroxylation is 7. The summed E-state index contributed by atoms with van der Waals surface area (Å²) in [5, 5.41) is 0. The summed E-state index contributed by atoms with van der Waals surface area (Å²) in [5.41, 5.74) is -9.36. The lowest BCUT2D eigenvalue weighted by atomic mass is 9.91. The summed E-state index contributed by atoms with van der Waals surface area (Å²) in [7, 11) is -3.48. The molecule has 6 rings (SSSR count). The largest absolute Gasteiger partial charge is 0.421 e. The minimum Gasteiger partial charge on any atom is -0.166 e. The van der Waals surface area contributed by atoms with Gasteiger partial charge in [0, 0.05) is 23.8 Å². The van der Waals surface area contributed by atoms with Gasteiger partial charge in [0.15, 0.2) is 29.4 Å². The van der Waals surface area contributed by atoms with E-state index in [0.29, 0.717) is 56.0 Å². The van der Waals surface area contributed by atoms with Crippen molar-refractivity contribution >= 4 is 21.8 Å². The lowest BCUT2D eigenvalue weighted by Gasteiger charge is -2.26. The Kier molecular flexibility index (Phi) is 16.0. The normalized spacial score (nSPS) is 13.4. The quantitative estimate of drug-likeness (QED) is 0.115. The van der Waals surface area contributed by atoms with E-state index in [-0.39, 0.29) is 10.5 Å². The van der Waals surface area contributed by atoms with Gasteiger partial charge in [-0.05, 0) is 167 Å². The molecular formula is C51H42F18S2+2. The summed E-state index contributed by atoms with van der Waals surface area (Å²) in [5.74, 6) is 0. The van der Waals surface area contributed by atoms with Gasteiger partial charge in [-0.15, -0.1) is 0 Å². The molecule has 0 saturated heterocycles. The van der Waals surface area contributed by atoms with E-state index < -0.39 is 113 Å². The highest BCUT2D eigenvalue weighted by molar-refractivity contribution is 7.97. The standard InChI is InChI=1S/C27H21F12S.C24H21F6S/c1-12-6-13(2)9-18(8-12)40(19-10-14(3)7-17(11-19)24(28,29)30)23-16(5)15(4)20(25(31,32)33)21(26(34,35)36)22(23)27(37,38)39;1-14-5-15(2)9-20(8-14)31(21-10-16(3)6-18(12-21)23(25,26)27)22-11-17(4)7-19(13-22)24(28,29)30/h6-11H,1-5H3;5-13H,1-4H3/q2*+1. The molecule has 0 aliphatic carbocycles. The van der Waals surface area contributed by atoms with Gasteiger partial charge >= 0.3 is 37.1 Å². The molecule has 0 spiro atoms. The minimum atomic E-state index is -6.11. The van der Waals surface area contributed by atoms with Gasteiger partial charge in [0.05, 0.1) is 38.7 Å². The zero-order valence-electron chi connectivity index (χ0n) is 38.8. The first-order chi connectivity index (χ1) is 32.2. The second-order valence-corrected chi connectivity index (χ2v) is 21.0. The molecule has 0 aliphatic rings. The third kappa shape index (κ3) is 13.2. The van der Waals surface area contributed by atoms with Gasteiger partial charge in [-0.1, -0.05) is 12.1 Å². The minimum absolute atomic E-state index is 0.0578. The number of halogens is 18. The van der Waals surface area contributed by atoms with Crippen molar-refractivity contribution in [2.75, 3.05) is 0 Å². The van der Waals surface area contributed by atoms with Gasteiger partial charge in [0.1, 0.15) is 16.5 Å². The van der Waals surface area contributed by atoms with E-state index in [9.17, 15) is 79.0 Å². The zero-order chi connectivity index (χ0) is 53.9. The molecule has 71 heavy (non-hydrogen) atoms. The first kappa shape index (κ1) is 56.7. The third-order valence-corrected chi connectivity index (χ3v) is 15.2. The first-order valence-electron chi connectivity index (χ1n) is 20.8. The maximum atomic E-state index is 14.6. The molecule has 0 saturated carbocycles. The van der Waals surface area contributed by atoms with Crippen LogP contribution in [0.3, 0.4) is 0 Å². The smallest absolute Gasteiger partial charge is 0.166 e. The van der Waals surface area contributed by atoms with Gasteiger partial charge in [-0.2, -0.15) is 79.0 Å². The SMILES string of the molecule is Cc1cc(C)cc([S+](c2cc(C)cc(C(F)(F)F)c2)c2c(C)c(C)c(C(F)(F)F)c(C(F)(F)F)c2C(F)(F)F)c1.Cc1cc(C)cc([S+](c2cc(C)cc(C(F)(F)F)c2)c2cc(C)cc(C(F)(F)F)c2)c1. The van der Waals surface area contributed by atoms with Crippen molar-refractivity contribution in [2.45, 2.75) is 129 Å². The molecule has 0 fully saturated rings. The zero-order valence-corrected chi connectivity index (χ0v) is 40.4. The van der Waals surface area contributed by atoms with Gasteiger partial charge < -0.3 is 0 Å². The van der Waals surface area contributed by atoms with E-state index in [1.807, 2.05) is 32.0 Å². The summed E-state index contributed by atoms with van der Waals surface area (Å²) in [6, 6.07) is 19.5. The molecule has 1 unspecified atom stereocenters. The number of hydrogen-bond donors (Lipinski definition) is 0. The van der Waals surface area contributed by atoms with Crippen molar-refractivity contribution in [1.29, 1.82) is 0 Å². The molecule has 6 aromatic carbocycles. The van der Waals surface area contributed by atoms with E-state index in [2.05, 4.69) is 0 Å². The molecule has 0 N–H and O–H groups in total. The monoisotopic (exact) mass is 1060 g/mol. The van der Waals surface area contributed by atoms with Crippen LogP contribution in [0, 0.1) is 62.3 Å². The third-order valence-electron chi connectivity index (χ3n) is 10.8.